The molecule has 4 rings (SSSR count). The normalized spacial score (nSPS) is 10.2. The van der Waals surface area contributed by atoms with Crippen LogP contribution in [0.4, 0.5) is 34.1 Å². The SMILES string of the molecule is [c]1cc(Nc2ccccc2)c(Nc2ccccc2)c(Nc2ccccc2)c1. The van der Waals surface area contributed by atoms with Crippen molar-refractivity contribution in [2.75, 3.05) is 16.0 Å². The van der Waals surface area contributed by atoms with Gasteiger partial charge in [0, 0.05) is 17.1 Å². The van der Waals surface area contributed by atoms with E-state index in [1.54, 1.807) is 0 Å². The van der Waals surface area contributed by atoms with E-state index in [9.17, 15) is 0 Å². The molecular weight excluding hydrogens is 330 g/mol. The van der Waals surface area contributed by atoms with Crippen LogP contribution >= 0.6 is 0 Å². The summed E-state index contributed by atoms with van der Waals surface area (Å²) in [5.74, 6) is 0. The van der Waals surface area contributed by atoms with Gasteiger partial charge in [-0.15, -0.1) is 0 Å². The van der Waals surface area contributed by atoms with Gasteiger partial charge in [0.2, 0.25) is 0 Å². The van der Waals surface area contributed by atoms with Gasteiger partial charge in [-0.2, -0.15) is 0 Å². The van der Waals surface area contributed by atoms with Crippen LogP contribution in [0.15, 0.2) is 103 Å². The molecule has 0 aliphatic rings. The minimum Gasteiger partial charge on any atom is -0.354 e. The van der Waals surface area contributed by atoms with Crippen molar-refractivity contribution in [3.63, 3.8) is 0 Å². The molecule has 0 amide bonds. The van der Waals surface area contributed by atoms with Crippen LogP contribution in [0.1, 0.15) is 0 Å². The lowest BCUT2D eigenvalue weighted by Crippen LogP contribution is -2.02. The second kappa shape index (κ2) is 8.11. The summed E-state index contributed by atoms with van der Waals surface area (Å²) in [6.45, 7) is 0. The van der Waals surface area contributed by atoms with Gasteiger partial charge in [0.15, 0.2) is 0 Å². The third kappa shape index (κ3) is 4.28. The molecule has 0 bridgehead atoms. The quantitative estimate of drug-likeness (QED) is 0.361. The summed E-state index contributed by atoms with van der Waals surface area (Å²) in [6, 6.07) is 37.6. The average molecular weight is 350 g/mol. The van der Waals surface area contributed by atoms with Crippen LogP contribution in [-0.4, -0.2) is 0 Å². The number of benzene rings is 4. The summed E-state index contributed by atoms with van der Waals surface area (Å²) in [5, 5.41) is 10.5. The Kier molecular flexibility index (Phi) is 5.02. The molecule has 0 heterocycles. The maximum atomic E-state index is 3.54. The molecule has 3 heteroatoms. The Labute approximate surface area is 159 Å². The molecule has 0 spiro atoms. The average Bonchev–Trinajstić information content (AvgIpc) is 2.73. The minimum absolute atomic E-state index is 0.950. The Balaban J connectivity index is 1.72. The number of rotatable bonds is 6. The summed E-state index contributed by atoms with van der Waals surface area (Å²) >= 11 is 0. The summed E-state index contributed by atoms with van der Waals surface area (Å²) in [4.78, 5) is 0. The van der Waals surface area contributed by atoms with Crippen molar-refractivity contribution in [1.82, 2.24) is 0 Å². The van der Waals surface area contributed by atoms with Crippen molar-refractivity contribution in [2.24, 2.45) is 0 Å². The van der Waals surface area contributed by atoms with Crippen LogP contribution in [0.25, 0.3) is 0 Å². The Morgan fingerprint density at radius 1 is 0.444 bits per heavy atom. The topological polar surface area (TPSA) is 36.1 Å². The summed E-state index contributed by atoms with van der Waals surface area (Å²) in [6.07, 6.45) is 0. The van der Waals surface area contributed by atoms with Gasteiger partial charge >= 0.3 is 0 Å². The molecule has 4 aromatic rings. The van der Waals surface area contributed by atoms with Crippen LogP contribution in [0.2, 0.25) is 0 Å². The van der Waals surface area contributed by atoms with Crippen molar-refractivity contribution in [1.29, 1.82) is 0 Å². The zero-order chi connectivity index (χ0) is 18.3. The first-order valence-electron chi connectivity index (χ1n) is 8.89. The molecule has 27 heavy (non-hydrogen) atoms. The second-order valence-corrected chi connectivity index (χ2v) is 6.13. The third-order valence-corrected chi connectivity index (χ3v) is 4.14. The smallest absolute Gasteiger partial charge is 0.0862 e. The molecule has 0 saturated heterocycles. The van der Waals surface area contributed by atoms with E-state index in [1.165, 1.54) is 0 Å². The number of hydrogen-bond acceptors (Lipinski definition) is 3. The molecule has 0 aliphatic heterocycles. The van der Waals surface area contributed by atoms with Crippen LogP contribution in [-0.2, 0) is 0 Å². The highest BCUT2D eigenvalue weighted by molar-refractivity contribution is 5.89. The number of hydrogen-bond donors (Lipinski definition) is 3. The largest absolute Gasteiger partial charge is 0.354 e. The fourth-order valence-electron chi connectivity index (χ4n) is 2.85. The molecule has 0 saturated carbocycles. The van der Waals surface area contributed by atoms with Crippen molar-refractivity contribution in [2.45, 2.75) is 0 Å². The zero-order valence-corrected chi connectivity index (χ0v) is 14.8. The highest BCUT2D eigenvalue weighted by Crippen LogP contribution is 2.36. The van der Waals surface area contributed by atoms with E-state index in [-0.39, 0.29) is 0 Å². The molecule has 0 atom stereocenters. The first-order chi connectivity index (χ1) is 13.4. The molecule has 131 valence electrons. The predicted octanol–water partition coefficient (Wildman–Crippen LogP) is 6.72. The van der Waals surface area contributed by atoms with E-state index in [0.717, 1.165) is 34.1 Å². The summed E-state index contributed by atoms with van der Waals surface area (Å²) in [5.41, 5.74) is 5.94. The van der Waals surface area contributed by atoms with Crippen molar-refractivity contribution in [3.8, 4) is 0 Å². The fraction of sp³-hybridized carbons (Fsp3) is 0. The highest BCUT2D eigenvalue weighted by atomic mass is 15.0. The van der Waals surface area contributed by atoms with E-state index in [2.05, 4.69) is 34.1 Å². The molecule has 0 fully saturated rings. The zero-order valence-electron chi connectivity index (χ0n) is 14.8. The number of nitrogens with one attached hydrogen (secondary N) is 3. The van der Waals surface area contributed by atoms with Gasteiger partial charge < -0.3 is 16.0 Å². The Hall–Kier alpha value is -3.72. The maximum Gasteiger partial charge on any atom is 0.0862 e. The van der Waals surface area contributed by atoms with Crippen LogP contribution in [0.5, 0.6) is 0 Å². The van der Waals surface area contributed by atoms with E-state index in [1.807, 2.05) is 91.0 Å². The monoisotopic (exact) mass is 350 g/mol. The van der Waals surface area contributed by atoms with Gasteiger partial charge in [0.05, 0.1) is 17.1 Å². The Morgan fingerprint density at radius 3 is 1.22 bits per heavy atom. The van der Waals surface area contributed by atoms with E-state index < -0.39 is 0 Å². The number of anilines is 6. The molecule has 1 radical (unpaired) electrons. The molecule has 0 aliphatic carbocycles. The Morgan fingerprint density at radius 2 is 0.815 bits per heavy atom. The maximum absolute atomic E-state index is 3.54. The fourth-order valence-corrected chi connectivity index (χ4v) is 2.85. The predicted molar refractivity (Wildman–Crippen MR) is 114 cm³/mol. The van der Waals surface area contributed by atoms with Crippen LogP contribution in [0, 0.1) is 6.07 Å². The Bertz CT molecular complexity index is 924. The van der Waals surface area contributed by atoms with Crippen LogP contribution < -0.4 is 16.0 Å². The highest BCUT2D eigenvalue weighted by Gasteiger charge is 2.10. The molecule has 3 N–H and O–H groups in total. The summed E-state index contributed by atoms with van der Waals surface area (Å²) in [7, 11) is 0. The number of para-hydroxylation sites is 3. The molecular formula is C24H20N3. The standard InChI is InChI=1S/C24H20N3/c1-4-11-19(12-5-1)25-22-17-10-18-23(26-20-13-6-2-7-14-20)24(22)27-21-15-8-3-9-16-21/h1-9,11-18,25-27H. The first kappa shape index (κ1) is 16.7. The van der Waals surface area contributed by atoms with Gasteiger partial charge in [-0.05, 0) is 54.6 Å². The van der Waals surface area contributed by atoms with E-state index >= 15 is 0 Å². The van der Waals surface area contributed by atoms with Gasteiger partial charge in [0.1, 0.15) is 0 Å². The van der Waals surface area contributed by atoms with Gasteiger partial charge in [-0.3, -0.25) is 0 Å². The lowest BCUT2D eigenvalue weighted by molar-refractivity contribution is 1.47. The molecule has 3 nitrogen and oxygen atoms in total. The third-order valence-electron chi connectivity index (χ3n) is 4.14. The van der Waals surface area contributed by atoms with Gasteiger partial charge in [0.25, 0.3) is 0 Å². The molecule has 0 unspecified atom stereocenters. The lowest BCUT2D eigenvalue weighted by atomic mass is 10.2. The molecule has 4 aromatic carbocycles. The molecule has 0 aromatic heterocycles. The van der Waals surface area contributed by atoms with Crippen LogP contribution in [0.3, 0.4) is 0 Å². The first-order valence-corrected chi connectivity index (χ1v) is 8.89. The van der Waals surface area contributed by atoms with Crippen molar-refractivity contribution < 1.29 is 0 Å². The van der Waals surface area contributed by atoms with E-state index in [4.69, 9.17) is 0 Å². The summed E-state index contributed by atoms with van der Waals surface area (Å²) < 4.78 is 0. The lowest BCUT2D eigenvalue weighted by Gasteiger charge is -2.19. The van der Waals surface area contributed by atoms with Crippen molar-refractivity contribution in [3.05, 3.63) is 109 Å². The van der Waals surface area contributed by atoms with Crippen molar-refractivity contribution >= 4 is 34.1 Å². The van der Waals surface area contributed by atoms with Gasteiger partial charge in [-0.1, -0.05) is 54.6 Å². The second-order valence-electron chi connectivity index (χ2n) is 6.13. The van der Waals surface area contributed by atoms with Gasteiger partial charge in [-0.25, -0.2) is 0 Å². The minimum atomic E-state index is 0.950. The van der Waals surface area contributed by atoms with E-state index in [0.29, 0.717) is 0 Å².